The summed E-state index contributed by atoms with van der Waals surface area (Å²) in [5.41, 5.74) is 0.606. The van der Waals surface area contributed by atoms with Gasteiger partial charge in [0.1, 0.15) is 0 Å². The van der Waals surface area contributed by atoms with E-state index in [4.69, 9.17) is 10.1 Å². The van der Waals surface area contributed by atoms with Crippen LogP contribution in [0.3, 0.4) is 0 Å². The molecule has 8 heavy (non-hydrogen) atoms. The van der Waals surface area contributed by atoms with Gasteiger partial charge in [-0.2, -0.15) is 0 Å². The van der Waals surface area contributed by atoms with Gasteiger partial charge in [-0.3, -0.25) is 0 Å². The van der Waals surface area contributed by atoms with Crippen molar-refractivity contribution in [1.29, 1.82) is 5.41 Å². The largest absolute Gasteiger partial charge is 0.376 e. The van der Waals surface area contributed by atoms with E-state index in [-0.39, 0.29) is 6.10 Å². The van der Waals surface area contributed by atoms with Crippen molar-refractivity contribution in [3.63, 3.8) is 0 Å². The Morgan fingerprint density at radius 1 is 1.75 bits per heavy atom. The predicted molar refractivity (Wildman–Crippen MR) is 34.5 cm³/mol. The van der Waals surface area contributed by atoms with Gasteiger partial charge in [-0.25, -0.2) is 0 Å². The highest BCUT2D eigenvalue weighted by molar-refractivity contribution is 5.83. The second-order valence-corrected chi connectivity index (χ2v) is 1.82. The van der Waals surface area contributed by atoms with Crippen LogP contribution >= 0.6 is 0 Å². The lowest BCUT2D eigenvalue weighted by molar-refractivity contribution is 0.151. The summed E-state index contributed by atoms with van der Waals surface area (Å²) in [6.45, 7) is 3.77. The molecule has 0 aromatic rings. The molecule has 0 rings (SSSR count). The van der Waals surface area contributed by atoms with E-state index in [0.29, 0.717) is 5.71 Å². The first-order chi connectivity index (χ1) is 3.72. The maximum atomic E-state index is 7.13. The van der Waals surface area contributed by atoms with Crippen LogP contribution in [-0.4, -0.2) is 18.9 Å². The van der Waals surface area contributed by atoms with Crippen LogP contribution in [0, 0.1) is 5.41 Å². The third kappa shape index (κ3) is 2.07. The van der Waals surface area contributed by atoms with Crippen LogP contribution in [0.25, 0.3) is 0 Å². The molecule has 0 saturated carbocycles. The highest BCUT2D eigenvalue weighted by Crippen LogP contribution is 1.95. The minimum atomic E-state index is 0.0370. The van der Waals surface area contributed by atoms with Gasteiger partial charge in [0.15, 0.2) is 0 Å². The zero-order chi connectivity index (χ0) is 6.57. The molecule has 0 fully saturated rings. The van der Waals surface area contributed by atoms with Crippen molar-refractivity contribution in [2.24, 2.45) is 0 Å². The maximum absolute atomic E-state index is 7.13. The van der Waals surface area contributed by atoms with Crippen molar-refractivity contribution in [3.8, 4) is 0 Å². The van der Waals surface area contributed by atoms with Crippen LogP contribution in [0.5, 0.6) is 0 Å². The topological polar surface area (TPSA) is 33.1 Å². The fourth-order valence-corrected chi connectivity index (χ4v) is 0.650. The Kier molecular flexibility index (Phi) is 3.44. The number of methoxy groups -OCH3 is 1. The molecule has 0 radical (unpaired) electrons. The third-order valence-corrected chi connectivity index (χ3v) is 1.14. The van der Waals surface area contributed by atoms with E-state index in [1.165, 1.54) is 0 Å². The minimum absolute atomic E-state index is 0.0370. The highest BCUT2D eigenvalue weighted by Gasteiger charge is 2.03. The molecule has 2 nitrogen and oxygen atoms in total. The van der Waals surface area contributed by atoms with E-state index >= 15 is 0 Å². The van der Waals surface area contributed by atoms with Crippen LogP contribution < -0.4 is 0 Å². The van der Waals surface area contributed by atoms with Gasteiger partial charge in [0.05, 0.1) is 6.10 Å². The Bertz CT molecular complexity index is 76.6. The summed E-state index contributed by atoms with van der Waals surface area (Å²) in [6, 6.07) is 0. The monoisotopic (exact) mass is 115 g/mol. The summed E-state index contributed by atoms with van der Waals surface area (Å²) >= 11 is 0. The van der Waals surface area contributed by atoms with Crippen molar-refractivity contribution in [1.82, 2.24) is 0 Å². The standard InChI is InChI=1S/C6H13NO/c1-4-6(8-3)5(2)7/h6-7H,4H2,1-3H3. The van der Waals surface area contributed by atoms with E-state index in [2.05, 4.69) is 0 Å². The first kappa shape index (κ1) is 7.63. The Labute approximate surface area is 50.4 Å². The minimum Gasteiger partial charge on any atom is -0.376 e. The van der Waals surface area contributed by atoms with E-state index in [0.717, 1.165) is 6.42 Å². The molecular weight excluding hydrogens is 102 g/mol. The molecule has 0 heterocycles. The molecule has 0 aromatic carbocycles. The summed E-state index contributed by atoms with van der Waals surface area (Å²) in [6.07, 6.45) is 0.932. The number of rotatable bonds is 3. The van der Waals surface area contributed by atoms with Gasteiger partial charge in [-0.1, -0.05) is 6.92 Å². The fourth-order valence-electron chi connectivity index (χ4n) is 0.650. The van der Waals surface area contributed by atoms with Crippen LogP contribution in [0.15, 0.2) is 0 Å². The van der Waals surface area contributed by atoms with Gasteiger partial charge in [-0.15, -0.1) is 0 Å². The molecule has 0 aliphatic rings. The molecule has 48 valence electrons. The number of hydrogen-bond donors (Lipinski definition) is 1. The quantitative estimate of drug-likeness (QED) is 0.555. The predicted octanol–water partition coefficient (Wildman–Crippen LogP) is 1.45. The SMILES string of the molecule is CCC(OC)C(C)=N. The summed E-state index contributed by atoms with van der Waals surface area (Å²) in [7, 11) is 1.63. The molecule has 0 bridgehead atoms. The lowest BCUT2D eigenvalue weighted by Gasteiger charge is -2.09. The third-order valence-electron chi connectivity index (χ3n) is 1.14. The first-order valence-electron chi connectivity index (χ1n) is 2.80. The molecule has 0 aliphatic heterocycles. The van der Waals surface area contributed by atoms with E-state index in [9.17, 15) is 0 Å². The molecule has 0 amide bonds. The van der Waals surface area contributed by atoms with Crippen molar-refractivity contribution < 1.29 is 4.74 Å². The number of ether oxygens (including phenoxy) is 1. The van der Waals surface area contributed by atoms with Crippen LogP contribution in [0.2, 0.25) is 0 Å². The van der Waals surface area contributed by atoms with Crippen molar-refractivity contribution in [3.05, 3.63) is 0 Å². The van der Waals surface area contributed by atoms with Crippen LogP contribution in [0.4, 0.5) is 0 Å². The maximum Gasteiger partial charge on any atom is 0.0939 e. The first-order valence-corrected chi connectivity index (χ1v) is 2.80. The number of nitrogens with one attached hydrogen (secondary N) is 1. The summed E-state index contributed by atoms with van der Waals surface area (Å²) in [4.78, 5) is 0. The second-order valence-electron chi connectivity index (χ2n) is 1.82. The molecule has 1 atom stereocenters. The van der Waals surface area contributed by atoms with Gasteiger partial charge < -0.3 is 10.1 Å². The molecule has 1 N–H and O–H groups in total. The zero-order valence-electron chi connectivity index (χ0n) is 5.69. The molecule has 0 saturated heterocycles. The molecule has 0 spiro atoms. The van der Waals surface area contributed by atoms with Gasteiger partial charge in [0.25, 0.3) is 0 Å². The molecule has 0 aliphatic carbocycles. The van der Waals surface area contributed by atoms with E-state index < -0.39 is 0 Å². The van der Waals surface area contributed by atoms with Crippen LogP contribution in [0.1, 0.15) is 20.3 Å². The van der Waals surface area contributed by atoms with Gasteiger partial charge in [0.2, 0.25) is 0 Å². The Morgan fingerprint density at radius 2 is 2.25 bits per heavy atom. The van der Waals surface area contributed by atoms with E-state index in [1.807, 2.05) is 6.92 Å². The fraction of sp³-hybridized carbons (Fsp3) is 0.833. The van der Waals surface area contributed by atoms with Crippen molar-refractivity contribution in [2.75, 3.05) is 7.11 Å². The van der Waals surface area contributed by atoms with Gasteiger partial charge >= 0.3 is 0 Å². The lowest BCUT2D eigenvalue weighted by Crippen LogP contribution is -2.17. The zero-order valence-corrected chi connectivity index (χ0v) is 5.69. The Balaban J connectivity index is 3.52. The lowest BCUT2D eigenvalue weighted by atomic mass is 10.2. The normalized spacial score (nSPS) is 13.4. The van der Waals surface area contributed by atoms with Crippen molar-refractivity contribution >= 4 is 5.71 Å². The van der Waals surface area contributed by atoms with Crippen LogP contribution in [-0.2, 0) is 4.74 Å². The van der Waals surface area contributed by atoms with Gasteiger partial charge in [0, 0.05) is 12.8 Å². The van der Waals surface area contributed by atoms with E-state index in [1.54, 1.807) is 14.0 Å². The molecule has 0 aromatic heterocycles. The summed E-state index contributed by atoms with van der Waals surface area (Å²) < 4.78 is 4.94. The molecule has 2 heteroatoms. The smallest absolute Gasteiger partial charge is 0.0939 e. The Morgan fingerprint density at radius 3 is 2.25 bits per heavy atom. The second kappa shape index (κ2) is 3.61. The Hall–Kier alpha value is -0.370. The van der Waals surface area contributed by atoms with Gasteiger partial charge in [-0.05, 0) is 13.3 Å². The van der Waals surface area contributed by atoms with Crippen molar-refractivity contribution in [2.45, 2.75) is 26.4 Å². The number of hydrogen-bond acceptors (Lipinski definition) is 2. The average Bonchev–Trinajstić information content (AvgIpc) is 1.69. The average molecular weight is 115 g/mol. The highest BCUT2D eigenvalue weighted by atomic mass is 16.5. The molecule has 1 unspecified atom stereocenters. The summed E-state index contributed by atoms with van der Waals surface area (Å²) in [5, 5.41) is 7.13. The summed E-state index contributed by atoms with van der Waals surface area (Å²) in [5.74, 6) is 0. The molecular formula is C6H13NO.